The highest BCUT2D eigenvalue weighted by Gasteiger charge is 2.30. The van der Waals surface area contributed by atoms with E-state index in [0.29, 0.717) is 11.9 Å². The van der Waals surface area contributed by atoms with Gasteiger partial charge in [0, 0.05) is 5.30 Å². The number of hydrogen-bond acceptors (Lipinski definition) is 3. The Kier molecular flexibility index (Phi) is 3.87. The molecule has 1 aromatic rings. The highest BCUT2D eigenvalue weighted by Crippen LogP contribution is 2.49. The van der Waals surface area contributed by atoms with E-state index in [9.17, 15) is 9.67 Å². The Morgan fingerprint density at radius 3 is 2.43 bits per heavy atom. The normalized spacial score (nSPS) is 17.4. The minimum Gasteiger partial charge on any atom is -0.383 e. The van der Waals surface area contributed by atoms with Gasteiger partial charge in [-0.25, -0.2) is 0 Å². The molecule has 1 aromatic carbocycles. The van der Waals surface area contributed by atoms with Crippen molar-refractivity contribution in [2.24, 2.45) is 0 Å². The van der Waals surface area contributed by atoms with Gasteiger partial charge in [-0.15, -0.1) is 0 Å². The molecule has 0 bridgehead atoms. The molecule has 0 spiro atoms. The van der Waals surface area contributed by atoms with E-state index < -0.39 is 13.2 Å². The molecule has 0 aliphatic rings. The zero-order valence-corrected chi connectivity index (χ0v) is 9.28. The molecule has 0 amide bonds. The SMILES string of the molecule is CCOP(=O)(c1ccccc1)[C@@H](C)O. The van der Waals surface area contributed by atoms with Gasteiger partial charge in [0.1, 0.15) is 5.85 Å². The maximum Gasteiger partial charge on any atom is 0.259 e. The maximum absolute atomic E-state index is 12.2. The fourth-order valence-corrected chi connectivity index (χ4v) is 2.99. The smallest absolute Gasteiger partial charge is 0.259 e. The van der Waals surface area contributed by atoms with Gasteiger partial charge in [-0.1, -0.05) is 18.2 Å². The van der Waals surface area contributed by atoms with Crippen molar-refractivity contribution < 1.29 is 14.2 Å². The van der Waals surface area contributed by atoms with Gasteiger partial charge in [-0.2, -0.15) is 0 Å². The third-order valence-corrected chi connectivity index (χ3v) is 4.57. The van der Waals surface area contributed by atoms with Gasteiger partial charge >= 0.3 is 0 Å². The van der Waals surface area contributed by atoms with Gasteiger partial charge in [0.25, 0.3) is 7.37 Å². The molecule has 14 heavy (non-hydrogen) atoms. The molecule has 0 aliphatic heterocycles. The first-order valence-corrected chi connectivity index (χ1v) is 6.28. The summed E-state index contributed by atoms with van der Waals surface area (Å²) in [6, 6.07) is 8.82. The largest absolute Gasteiger partial charge is 0.383 e. The second-order valence-corrected chi connectivity index (χ2v) is 5.70. The second kappa shape index (κ2) is 4.74. The van der Waals surface area contributed by atoms with Crippen LogP contribution in [0.25, 0.3) is 0 Å². The Labute approximate surface area is 84.2 Å². The van der Waals surface area contributed by atoms with Gasteiger partial charge in [0.2, 0.25) is 0 Å². The molecule has 1 unspecified atom stereocenters. The Hall–Kier alpha value is -0.630. The zero-order valence-electron chi connectivity index (χ0n) is 8.38. The molecule has 0 aromatic heterocycles. The average molecular weight is 214 g/mol. The van der Waals surface area contributed by atoms with Crippen LogP contribution in [-0.4, -0.2) is 17.6 Å². The van der Waals surface area contributed by atoms with Crippen molar-refractivity contribution in [3.63, 3.8) is 0 Å². The van der Waals surface area contributed by atoms with E-state index in [1.807, 2.05) is 6.07 Å². The van der Waals surface area contributed by atoms with E-state index in [0.717, 1.165) is 0 Å². The van der Waals surface area contributed by atoms with E-state index in [-0.39, 0.29) is 0 Å². The third kappa shape index (κ3) is 2.24. The first-order chi connectivity index (χ1) is 6.61. The maximum atomic E-state index is 12.2. The Balaban J connectivity index is 3.07. The number of aliphatic hydroxyl groups is 1. The van der Waals surface area contributed by atoms with Crippen molar-refractivity contribution in [2.75, 3.05) is 6.61 Å². The minimum atomic E-state index is -3.09. The van der Waals surface area contributed by atoms with Gasteiger partial charge in [-0.05, 0) is 26.0 Å². The van der Waals surface area contributed by atoms with E-state index >= 15 is 0 Å². The van der Waals surface area contributed by atoms with Crippen LogP contribution >= 0.6 is 7.37 Å². The average Bonchev–Trinajstić information content (AvgIpc) is 2.19. The fraction of sp³-hybridized carbons (Fsp3) is 0.400. The number of benzene rings is 1. The van der Waals surface area contributed by atoms with Crippen LogP contribution in [0, 0.1) is 0 Å². The molecule has 0 aliphatic carbocycles. The van der Waals surface area contributed by atoms with Crippen molar-refractivity contribution in [3.05, 3.63) is 30.3 Å². The van der Waals surface area contributed by atoms with E-state index in [4.69, 9.17) is 4.52 Å². The number of hydrogen-bond donors (Lipinski definition) is 1. The molecule has 1 rings (SSSR count). The molecule has 3 nitrogen and oxygen atoms in total. The first kappa shape index (κ1) is 11.4. The number of rotatable bonds is 4. The summed E-state index contributed by atoms with van der Waals surface area (Å²) in [7, 11) is -3.09. The van der Waals surface area contributed by atoms with Crippen molar-refractivity contribution in [2.45, 2.75) is 19.7 Å². The second-order valence-electron chi connectivity index (χ2n) is 2.98. The molecule has 0 radical (unpaired) electrons. The molecule has 0 saturated heterocycles. The highest BCUT2D eigenvalue weighted by atomic mass is 31.2. The van der Waals surface area contributed by atoms with Crippen LogP contribution in [0.2, 0.25) is 0 Å². The van der Waals surface area contributed by atoms with Crippen molar-refractivity contribution in [1.82, 2.24) is 0 Å². The summed E-state index contributed by atoms with van der Waals surface area (Å²) >= 11 is 0. The standard InChI is InChI=1S/C10H15O3P/c1-3-13-14(12,9(2)11)10-7-5-4-6-8-10/h4-9,11H,3H2,1-2H3/t9-,14?/m0/s1. The lowest BCUT2D eigenvalue weighted by Gasteiger charge is -2.20. The van der Waals surface area contributed by atoms with E-state index in [1.165, 1.54) is 6.92 Å². The zero-order chi connectivity index (χ0) is 10.6. The van der Waals surface area contributed by atoms with Crippen molar-refractivity contribution in [1.29, 1.82) is 0 Å². The predicted molar refractivity (Wildman–Crippen MR) is 57.0 cm³/mol. The van der Waals surface area contributed by atoms with Gasteiger partial charge in [0.05, 0.1) is 6.61 Å². The summed E-state index contributed by atoms with van der Waals surface area (Å²) < 4.78 is 17.4. The quantitative estimate of drug-likeness (QED) is 0.779. The molecule has 2 atom stereocenters. The molecule has 78 valence electrons. The van der Waals surface area contributed by atoms with Crippen LogP contribution in [0.15, 0.2) is 30.3 Å². The van der Waals surface area contributed by atoms with Crippen molar-refractivity contribution in [3.8, 4) is 0 Å². The molecule has 0 fully saturated rings. The van der Waals surface area contributed by atoms with Crippen LogP contribution in [0.5, 0.6) is 0 Å². The highest BCUT2D eigenvalue weighted by molar-refractivity contribution is 7.67. The lowest BCUT2D eigenvalue weighted by molar-refractivity contribution is 0.230. The monoisotopic (exact) mass is 214 g/mol. The van der Waals surface area contributed by atoms with Gasteiger partial charge in [-0.3, -0.25) is 4.57 Å². The van der Waals surface area contributed by atoms with Crippen LogP contribution in [0.4, 0.5) is 0 Å². The minimum absolute atomic E-state index is 0.330. The molecule has 1 N–H and O–H groups in total. The molecule has 4 heteroatoms. The summed E-state index contributed by atoms with van der Waals surface area (Å²) in [4.78, 5) is 0. The topological polar surface area (TPSA) is 46.5 Å². The van der Waals surface area contributed by atoms with E-state index in [1.54, 1.807) is 31.2 Å². The van der Waals surface area contributed by atoms with Crippen LogP contribution in [0.1, 0.15) is 13.8 Å². The third-order valence-electron chi connectivity index (χ3n) is 1.93. The summed E-state index contributed by atoms with van der Waals surface area (Å²) in [6.45, 7) is 3.58. The molecular formula is C10H15O3P. The molecular weight excluding hydrogens is 199 g/mol. The lowest BCUT2D eigenvalue weighted by Crippen LogP contribution is -2.16. The first-order valence-electron chi connectivity index (χ1n) is 4.59. The predicted octanol–water partition coefficient (Wildman–Crippen LogP) is 1.96. The van der Waals surface area contributed by atoms with E-state index in [2.05, 4.69) is 0 Å². The number of aliphatic hydroxyl groups excluding tert-OH is 1. The molecule has 0 saturated carbocycles. The summed E-state index contributed by atoms with van der Waals surface area (Å²) in [5.74, 6) is -0.968. The Morgan fingerprint density at radius 2 is 2.00 bits per heavy atom. The van der Waals surface area contributed by atoms with Crippen LogP contribution in [-0.2, 0) is 9.09 Å². The Bertz CT molecular complexity index is 321. The van der Waals surface area contributed by atoms with Gasteiger partial charge in [0.15, 0.2) is 0 Å². The summed E-state index contributed by atoms with van der Waals surface area (Å²) in [6.07, 6.45) is 0. The van der Waals surface area contributed by atoms with Gasteiger partial charge < -0.3 is 9.63 Å². The fourth-order valence-electron chi connectivity index (χ4n) is 1.23. The Morgan fingerprint density at radius 1 is 1.43 bits per heavy atom. The summed E-state index contributed by atoms with van der Waals surface area (Å²) in [5.41, 5.74) is 0. The molecule has 0 heterocycles. The van der Waals surface area contributed by atoms with Crippen LogP contribution in [0.3, 0.4) is 0 Å². The lowest BCUT2D eigenvalue weighted by atomic mass is 10.4. The summed E-state index contributed by atoms with van der Waals surface area (Å²) in [5, 5.41) is 10.0. The van der Waals surface area contributed by atoms with Crippen LogP contribution < -0.4 is 5.30 Å². The van der Waals surface area contributed by atoms with Crippen molar-refractivity contribution >= 4 is 12.7 Å².